The van der Waals surface area contributed by atoms with Gasteiger partial charge in [0.15, 0.2) is 5.96 Å². The highest BCUT2D eigenvalue weighted by Crippen LogP contribution is 2.37. The van der Waals surface area contributed by atoms with Crippen molar-refractivity contribution < 1.29 is 4.39 Å². The second-order valence-electron chi connectivity index (χ2n) is 7.83. The van der Waals surface area contributed by atoms with Crippen LogP contribution in [0.2, 0.25) is 0 Å². The Balaban J connectivity index is 1.59. The molecule has 1 aromatic heterocycles. The predicted molar refractivity (Wildman–Crippen MR) is 125 cm³/mol. The Bertz CT molecular complexity index is 940. The Morgan fingerprint density at radius 2 is 2.16 bits per heavy atom. The van der Waals surface area contributed by atoms with Crippen LogP contribution in [0, 0.1) is 17.1 Å². The summed E-state index contributed by atoms with van der Waals surface area (Å²) in [5, 5.41) is 20.7. The van der Waals surface area contributed by atoms with Gasteiger partial charge in [0.1, 0.15) is 23.3 Å². The SMILES string of the molecule is CCNC(=NCC1(C)CCCS1)NCCCc1nn(-c2ccc(F)cc2)c(N)c1C#N. The third-order valence-corrected chi connectivity index (χ3v) is 6.80. The van der Waals surface area contributed by atoms with Gasteiger partial charge in [-0.3, -0.25) is 4.99 Å². The number of nitrogens with one attached hydrogen (secondary N) is 2. The summed E-state index contributed by atoms with van der Waals surface area (Å²) >= 11 is 2.00. The molecule has 0 bridgehead atoms. The Hall–Kier alpha value is -2.73. The largest absolute Gasteiger partial charge is 0.382 e. The number of aliphatic imine (C=N–C) groups is 1. The van der Waals surface area contributed by atoms with Crippen LogP contribution >= 0.6 is 11.8 Å². The summed E-state index contributed by atoms with van der Waals surface area (Å²) in [5.74, 6) is 1.97. The van der Waals surface area contributed by atoms with Crippen molar-refractivity contribution in [2.24, 2.45) is 4.99 Å². The number of anilines is 1. The summed E-state index contributed by atoms with van der Waals surface area (Å²) in [6, 6.07) is 8.02. The molecule has 9 heteroatoms. The van der Waals surface area contributed by atoms with Crippen LogP contribution in [-0.4, -0.2) is 45.9 Å². The van der Waals surface area contributed by atoms with Gasteiger partial charge in [-0.05, 0) is 69.5 Å². The average Bonchev–Trinajstić information content (AvgIpc) is 3.33. The second kappa shape index (κ2) is 10.5. The molecule has 0 radical (unpaired) electrons. The van der Waals surface area contributed by atoms with Gasteiger partial charge in [0, 0.05) is 17.8 Å². The maximum atomic E-state index is 13.2. The number of halogens is 1. The van der Waals surface area contributed by atoms with Crippen molar-refractivity contribution in [3.8, 4) is 11.8 Å². The molecule has 31 heavy (non-hydrogen) atoms. The number of nitriles is 1. The lowest BCUT2D eigenvalue weighted by Crippen LogP contribution is -2.39. The first-order valence-electron chi connectivity index (χ1n) is 10.7. The zero-order valence-electron chi connectivity index (χ0n) is 18.1. The second-order valence-corrected chi connectivity index (χ2v) is 9.52. The first-order chi connectivity index (χ1) is 15.0. The van der Waals surface area contributed by atoms with Crippen LogP contribution in [0.1, 0.15) is 44.4 Å². The van der Waals surface area contributed by atoms with Crippen molar-refractivity contribution in [2.75, 3.05) is 31.1 Å². The predicted octanol–water partition coefficient (Wildman–Crippen LogP) is 3.24. The first-order valence-corrected chi connectivity index (χ1v) is 11.6. The van der Waals surface area contributed by atoms with E-state index in [2.05, 4.69) is 28.7 Å². The van der Waals surface area contributed by atoms with Crippen LogP contribution in [0.25, 0.3) is 5.69 Å². The number of rotatable bonds is 8. The third kappa shape index (κ3) is 5.91. The third-order valence-electron chi connectivity index (χ3n) is 5.28. The van der Waals surface area contributed by atoms with E-state index in [4.69, 9.17) is 10.7 Å². The number of aryl methyl sites for hydroxylation is 1. The molecule has 0 spiro atoms. The molecule has 0 aliphatic carbocycles. The molecule has 4 N–H and O–H groups in total. The molecule has 2 aromatic rings. The Morgan fingerprint density at radius 3 is 2.81 bits per heavy atom. The molecule has 0 amide bonds. The molecule has 166 valence electrons. The molecule has 1 fully saturated rings. The van der Waals surface area contributed by atoms with E-state index in [9.17, 15) is 9.65 Å². The number of aromatic nitrogens is 2. The Morgan fingerprint density at radius 1 is 1.39 bits per heavy atom. The van der Waals surface area contributed by atoms with Crippen molar-refractivity contribution in [1.82, 2.24) is 20.4 Å². The number of nitrogen functional groups attached to an aromatic ring is 1. The summed E-state index contributed by atoms with van der Waals surface area (Å²) in [6.45, 7) is 6.62. The molecule has 0 saturated carbocycles. The van der Waals surface area contributed by atoms with Gasteiger partial charge < -0.3 is 16.4 Å². The standard InChI is InChI=1S/C22H30FN7S/c1-3-26-21(28-15-22(2)11-5-13-31-22)27-12-4-6-19-18(14-24)20(25)30(29-19)17-9-7-16(23)8-10-17/h7-10H,3-6,11-13,15,25H2,1-2H3,(H2,26,27,28). The Kier molecular flexibility index (Phi) is 7.80. The highest BCUT2D eigenvalue weighted by molar-refractivity contribution is 8.00. The number of nitrogens with two attached hydrogens (primary N) is 1. The molecule has 1 saturated heterocycles. The van der Waals surface area contributed by atoms with Crippen molar-refractivity contribution in [2.45, 2.75) is 44.3 Å². The fourth-order valence-electron chi connectivity index (χ4n) is 3.57. The van der Waals surface area contributed by atoms with Gasteiger partial charge in [-0.2, -0.15) is 22.1 Å². The summed E-state index contributed by atoms with van der Waals surface area (Å²) in [6.07, 6.45) is 3.83. The fraction of sp³-hybridized carbons (Fsp3) is 0.500. The number of hydrogen-bond acceptors (Lipinski definition) is 5. The minimum absolute atomic E-state index is 0.231. The highest BCUT2D eigenvalue weighted by Gasteiger charge is 2.29. The topological polar surface area (TPSA) is 104 Å². The maximum Gasteiger partial charge on any atom is 0.191 e. The van der Waals surface area contributed by atoms with E-state index in [0.29, 0.717) is 29.9 Å². The first kappa shape index (κ1) is 22.9. The van der Waals surface area contributed by atoms with E-state index in [1.54, 1.807) is 12.1 Å². The summed E-state index contributed by atoms with van der Waals surface area (Å²) < 4.78 is 14.9. The van der Waals surface area contributed by atoms with Crippen molar-refractivity contribution in [3.05, 3.63) is 41.3 Å². The van der Waals surface area contributed by atoms with Gasteiger partial charge in [-0.15, -0.1) is 0 Å². The molecule has 1 atom stereocenters. The number of benzene rings is 1. The van der Waals surface area contributed by atoms with Crippen LogP contribution in [-0.2, 0) is 6.42 Å². The van der Waals surface area contributed by atoms with Gasteiger partial charge in [0.25, 0.3) is 0 Å². The van der Waals surface area contributed by atoms with Crippen LogP contribution in [0.15, 0.2) is 29.3 Å². The molecule has 2 heterocycles. The van der Waals surface area contributed by atoms with E-state index < -0.39 is 0 Å². The molecule has 1 aromatic carbocycles. The zero-order chi connectivity index (χ0) is 22.3. The molecule has 1 aliphatic heterocycles. The van der Waals surface area contributed by atoms with Crippen LogP contribution < -0.4 is 16.4 Å². The van der Waals surface area contributed by atoms with Crippen molar-refractivity contribution in [1.29, 1.82) is 5.26 Å². The summed E-state index contributed by atoms with van der Waals surface area (Å²) in [4.78, 5) is 4.76. The molecule has 1 unspecified atom stereocenters. The smallest absolute Gasteiger partial charge is 0.191 e. The summed E-state index contributed by atoms with van der Waals surface area (Å²) in [5.41, 5.74) is 7.76. The van der Waals surface area contributed by atoms with Crippen LogP contribution in [0.5, 0.6) is 0 Å². The van der Waals surface area contributed by atoms with Crippen molar-refractivity contribution >= 4 is 23.5 Å². The van der Waals surface area contributed by atoms with E-state index in [1.807, 2.05) is 18.7 Å². The Labute approximate surface area is 187 Å². The van der Waals surface area contributed by atoms with Gasteiger partial charge >= 0.3 is 0 Å². The number of hydrogen-bond donors (Lipinski definition) is 3. The minimum atomic E-state index is -0.333. The van der Waals surface area contributed by atoms with E-state index in [-0.39, 0.29) is 16.4 Å². The average molecular weight is 444 g/mol. The van der Waals surface area contributed by atoms with Crippen LogP contribution in [0.4, 0.5) is 10.2 Å². The monoisotopic (exact) mass is 443 g/mol. The zero-order valence-corrected chi connectivity index (χ0v) is 18.9. The van der Waals surface area contributed by atoms with Crippen molar-refractivity contribution in [3.63, 3.8) is 0 Å². The molecular weight excluding hydrogens is 413 g/mol. The van der Waals surface area contributed by atoms with E-state index in [1.165, 1.54) is 35.4 Å². The number of guanidine groups is 1. The van der Waals surface area contributed by atoms with E-state index in [0.717, 1.165) is 25.5 Å². The summed E-state index contributed by atoms with van der Waals surface area (Å²) in [7, 11) is 0. The van der Waals surface area contributed by atoms with E-state index >= 15 is 0 Å². The maximum absolute atomic E-state index is 13.2. The van der Waals surface area contributed by atoms with Gasteiger partial charge in [-0.1, -0.05) is 0 Å². The lowest BCUT2D eigenvalue weighted by atomic mass is 10.1. The van der Waals surface area contributed by atoms with Gasteiger partial charge in [0.2, 0.25) is 0 Å². The highest BCUT2D eigenvalue weighted by atomic mass is 32.2. The molecule has 1 aliphatic rings. The molecule has 3 rings (SSSR count). The van der Waals surface area contributed by atoms with Gasteiger partial charge in [0.05, 0.1) is 17.9 Å². The normalized spacial score (nSPS) is 18.7. The molecular formula is C22H30FN7S. The van der Waals surface area contributed by atoms with Crippen LogP contribution in [0.3, 0.4) is 0 Å². The minimum Gasteiger partial charge on any atom is -0.382 e. The van der Waals surface area contributed by atoms with Gasteiger partial charge in [-0.25, -0.2) is 9.07 Å². The lowest BCUT2D eigenvalue weighted by Gasteiger charge is -2.21. The quantitative estimate of drug-likeness (QED) is 0.329. The fourth-order valence-corrected chi connectivity index (χ4v) is 4.79. The number of thioether (sulfide) groups is 1. The molecule has 7 nitrogen and oxygen atoms in total. The number of nitrogens with zero attached hydrogens (tertiary/aromatic N) is 4. The lowest BCUT2D eigenvalue weighted by molar-refractivity contribution is 0.613.